The Morgan fingerprint density at radius 2 is 0.476 bits per heavy atom. The summed E-state index contributed by atoms with van der Waals surface area (Å²) in [5.74, 6) is -0.844. The molecule has 0 fully saturated rings. The van der Waals surface area contributed by atoms with Crippen LogP contribution in [0.1, 0.15) is 400 Å². The average molecular weight is 1150 g/mol. The normalized spacial score (nSPS) is 12.3. The molecule has 0 aromatic carbocycles. The van der Waals surface area contributed by atoms with Crippen LogP contribution in [0.2, 0.25) is 0 Å². The van der Waals surface area contributed by atoms with E-state index in [1.54, 1.807) is 0 Å². The molecule has 1 unspecified atom stereocenters. The van der Waals surface area contributed by atoms with Gasteiger partial charge < -0.3 is 14.2 Å². The van der Waals surface area contributed by atoms with Crippen LogP contribution >= 0.6 is 0 Å². The van der Waals surface area contributed by atoms with Crippen LogP contribution in [0.25, 0.3) is 0 Å². The molecular weight excluding hydrogens is 1010 g/mol. The third kappa shape index (κ3) is 68.2. The third-order valence-electron chi connectivity index (χ3n) is 16.6. The van der Waals surface area contributed by atoms with E-state index in [4.69, 9.17) is 14.2 Å². The molecule has 0 spiro atoms. The highest BCUT2D eigenvalue weighted by molar-refractivity contribution is 5.71. The zero-order valence-electron chi connectivity index (χ0n) is 55.3. The molecule has 0 aromatic heterocycles. The first kappa shape index (κ1) is 79.4. The van der Waals surface area contributed by atoms with Crippen LogP contribution in [0.3, 0.4) is 0 Å². The van der Waals surface area contributed by atoms with E-state index in [0.717, 1.165) is 83.5 Å². The summed E-state index contributed by atoms with van der Waals surface area (Å²) in [6, 6.07) is 0. The molecule has 6 heteroatoms. The second-order valence-corrected chi connectivity index (χ2v) is 24.8. The number of unbranched alkanes of at least 4 members (excludes halogenated alkanes) is 49. The number of hydrogen-bond donors (Lipinski definition) is 0. The Kier molecular flexibility index (Phi) is 68.6. The molecular formula is C76H140O6. The summed E-state index contributed by atoms with van der Waals surface area (Å²) in [6.45, 7) is 6.56. The van der Waals surface area contributed by atoms with Crippen LogP contribution in [0.15, 0.2) is 48.6 Å². The van der Waals surface area contributed by atoms with Gasteiger partial charge in [-0.25, -0.2) is 0 Å². The Bertz CT molecular complexity index is 1410. The topological polar surface area (TPSA) is 78.9 Å². The summed E-state index contributed by atoms with van der Waals surface area (Å²) in [7, 11) is 0. The molecule has 0 aliphatic carbocycles. The zero-order valence-corrected chi connectivity index (χ0v) is 55.3. The lowest BCUT2D eigenvalue weighted by atomic mass is 10.0. The van der Waals surface area contributed by atoms with Gasteiger partial charge in [0.05, 0.1) is 0 Å². The summed E-state index contributed by atoms with van der Waals surface area (Å²) in [5, 5.41) is 0. The number of hydrogen-bond acceptors (Lipinski definition) is 6. The summed E-state index contributed by atoms with van der Waals surface area (Å²) >= 11 is 0. The molecule has 0 amide bonds. The van der Waals surface area contributed by atoms with E-state index < -0.39 is 6.10 Å². The quantitative estimate of drug-likeness (QED) is 0.0261. The molecule has 82 heavy (non-hydrogen) atoms. The van der Waals surface area contributed by atoms with Crippen molar-refractivity contribution in [1.29, 1.82) is 0 Å². The maximum absolute atomic E-state index is 12.9. The number of rotatable bonds is 68. The van der Waals surface area contributed by atoms with Crippen molar-refractivity contribution in [3.63, 3.8) is 0 Å². The zero-order chi connectivity index (χ0) is 59.2. The first-order valence-electron chi connectivity index (χ1n) is 36.6. The van der Waals surface area contributed by atoms with E-state index in [-0.39, 0.29) is 31.1 Å². The van der Waals surface area contributed by atoms with E-state index in [1.165, 1.54) is 276 Å². The van der Waals surface area contributed by atoms with Crippen molar-refractivity contribution in [2.75, 3.05) is 13.2 Å². The van der Waals surface area contributed by atoms with Crippen molar-refractivity contribution in [3.05, 3.63) is 48.6 Å². The fourth-order valence-electron chi connectivity index (χ4n) is 11.1. The van der Waals surface area contributed by atoms with Gasteiger partial charge in [0, 0.05) is 19.3 Å². The van der Waals surface area contributed by atoms with Gasteiger partial charge in [0.15, 0.2) is 6.10 Å². The smallest absolute Gasteiger partial charge is 0.306 e. The van der Waals surface area contributed by atoms with Crippen molar-refractivity contribution in [2.45, 2.75) is 406 Å². The number of carbonyl (C=O) groups is 3. The van der Waals surface area contributed by atoms with Crippen molar-refractivity contribution < 1.29 is 28.6 Å². The number of ether oxygens (including phenoxy) is 3. The second-order valence-electron chi connectivity index (χ2n) is 24.8. The SMILES string of the molecule is CC/C=C\C/C=C\C/C=C\C/C=C\CCCCCCCCCCCCCCCCCCCCC(=O)OCC(COC(=O)CCCCCCCCC)OC(=O)CCCCCCCCCCCCCCCCCCCCCCCCCCCC. The average Bonchev–Trinajstić information content (AvgIpc) is 3.48. The fourth-order valence-corrected chi connectivity index (χ4v) is 11.1. The van der Waals surface area contributed by atoms with Gasteiger partial charge >= 0.3 is 17.9 Å². The van der Waals surface area contributed by atoms with Gasteiger partial charge in [-0.15, -0.1) is 0 Å². The molecule has 0 radical (unpaired) electrons. The van der Waals surface area contributed by atoms with Crippen LogP contribution in [0.4, 0.5) is 0 Å². The molecule has 0 aromatic rings. The van der Waals surface area contributed by atoms with Crippen LogP contribution in [0, 0.1) is 0 Å². The summed E-state index contributed by atoms with van der Waals surface area (Å²) < 4.78 is 16.9. The van der Waals surface area contributed by atoms with Gasteiger partial charge in [-0.2, -0.15) is 0 Å². The standard InChI is InChI=1S/C76H140O6/c1-4-7-10-13-16-18-20-22-24-26-28-30-32-34-36-37-38-39-40-42-43-45-47-49-51-53-55-57-60-63-66-69-75(78)81-72-73(71-80-74(77)68-65-62-59-15-12-9-6-3)82-76(79)70-67-64-61-58-56-54-52-50-48-46-44-41-35-33-31-29-27-25-23-21-19-17-14-11-8-5-2/h7,10,16,18,22,24,28,30,73H,4-6,8-9,11-15,17,19-21,23,25-27,29,31-72H2,1-3H3/b10-7-,18-16-,24-22-,30-28-. The summed E-state index contributed by atoms with van der Waals surface area (Å²) in [6.07, 6.45) is 90.5. The van der Waals surface area contributed by atoms with Crippen molar-refractivity contribution >= 4 is 17.9 Å². The summed E-state index contributed by atoms with van der Waals surface area (Å²) in [4.78, 5) is 38.2. The lowest BCUT2D eigenvalue weighted by molar-refractivity contribution is -0.167. The highest BCUT2D eigenvalue weighted by Gasteiger charge is 2.19. The van der Waals surface area contributed by atoms with Gasteiger partial charge in [0.2, 0.25) is 0 Å². The molecule has 6 nitrogen and oxygen atoms in total. The Balaban J connectivity index is 3.99. The molecule has 0 N–H and O–H groups in total. The predicted octanol–water partition coefficient (Wildman–Crippen LogP) is 25.3. The molecule has 1 atom stereocenters. The summed E-state index contributed by atoms with van der Waals surface area (Å²) in [5.41, 5.74) is 0. The Morgan fingerprint density at radius 1 is 0.256 bits per heavy atom. The van der Waals surface area contributed by atoms with Crippen molar-refractivity contribution in [1.82, 2.24) is 0 Å². The molecule has 480 valence electrons. The Morgan fingerprint density at radius 3 is 0.744 bits per heavy atom. The Labute approximate surface area is 511 Å². The van der Waals surface area contributed by atoms with Crippen LogP contribution in [-0.2, 0) is 28.6 Å². The van der Waals surface area contributed by atoms with E-state index in [9.17, 15) is 14.4 Å². The monoisotopic (exact) mass is 1150 g/mol. The third-order valence-corrected chi connectivity index (χ3v) is 16.6. The molecule has 0 heterocycles. The number of allylic oxidation sites excluding steroid dienone is 8. The molecule has 0 saturated carbocycles. The molecule has 0 bridgehead atoms. The van der Waals surface area contributed by atoms with Crippen LogP contribution < -0.4 is 0 Å². The maximum Gasteiger partial charge on any atom is 0.306 e. The minimum absolute atomic E-state index is 0.0661. The minimum atomic E-state index is -0.767. The van der Waals surface area contributed by atoms with Gasteiger partial charge in [-0.1, -0.05) is 371 Å². The highest BCUT2D eigenvalue weighted by Crippen LogP contribution is 2.19. The molecule has 0 rings (SSSR count). The lowest BCUT2D eigenvalue weighted by Gasteiger charge is -2.18. The fraction of sp³-hybridized carbons (Fsp3) is 0.855. The van der Waals surface area contributed by atoms with Crippen LogP contribution in [0.5, 0.6) is 0 Å². The molecule has 0 aliphatic rings. The first-order valence-corrected chi connectivity index (χ1v) is 36.6. The van der Waals surface area contributed by atoms with E-state index in [0.29, 0.717) is 19.3 Å². The van der Waals surface area contributed by atoms with E-state index in [2.05, 4.69) is 69.4 Å². The first-order chi connectivity index (χ1) is 40.5. The second kappa shape index (κ2) is 70.9. The maximum atomic E-state index is 12.9. The predicted molar refractivity (Wildman–Crippen MR) is 358 cm³/mol. The molecule has 0 saturated heterocycles. The lowest BCUT2D eigenvalue weighted by Crippen LogP contribution is -2.30. The molecule has 0 aliphatic heterocycles. The number of esters is 3. The van der Waals surface area contributed by atoms with Crippen LogP contribution in [-0.4, -0.2) is 37.2 Å². The van der Waals surface area contributed by atoms with Gasteiger partial charge in [0.1, 0.15) is 13.2 Å². The minimum Gasteiger partial charge on any atom is -0.462 e. The van der Waals surface area contributed by atoms with Crippen molar-refractivity contribution in [3.8, 4) is 0 Å². The van der Waals surface area contributed by atoms with E-state index in [1.807, 2.05) is 0 Å². The van der Waals surface area contributed by atoms with Gasteiger partial charge in [-0.05, 0) is 57.8 Å². The van der Waals surface area contributed by atoms with E-state index >= 15 is 0 Å². The van der Waals surface area contributed by atoms with Gasteiger partial charge in [-0.3, -0.25) is 14.4 Å². The Hall–Kier alpha value is -2.63. The largest absolute Gasteiger partial charge is 0.462 e. The highest BCUT2D eigenvalue weighted by atomic mass is 16.6. The van der Waals surface area contributed by atoms with Crippen molar-refractivity contribution in [2.24, 2.45) is 0 Å². The van der Waals surface area contributed by atoms with Gasteiger partial charge in [0.25, 0.3) is 0 Å². The number of carbonyl (C=O) groups excluding carboxylic acids is 3.